The van der Waals surface area contributed by atoms with Crippen LogP contribution in [-0.2, 0) is 0 Å². The molecule has 3 heteroatoms. The van der Waals surface area contributed by atoms with E-state index in [1.54, 1.807) is 0 Å². The topological polar surface area (TPSA) is 42.9 Å². The van der Waals surface area contributed by atoms with Crippen molar-refractivity contribution in [3.8, 4) is 11.3 Å². The molecule has 0 N–H and O–H groups in total. The molecule has 3 nitrogen and oxygen atoms in total. The third kappa shape index (κ3) is 2.38. The molecule has 0 atom stereocenters. The van der Waals surface area contributed by atoms with Gasteiger partial charge in [0.05, 0.1) is 5.69 Å². The van der Waals surface area contributed by atoms with Crippen LogP contribution in [0.25, 0.3) is 11.3 Å². The first-order chi connectivity index (χ1) is 8.10. The number of hydrogen-bond donors (Lipinski definition) is 0. The minimum Gasteiger partial charge on any atom is -0.294 e. The van der Waals surface area contributed by atoms with Crippen molar-refractivity contribution < 1.29 is 4.79 Å². The van der Waals surface area contributed by atoms with Crippen molar-refractivity contribution in [2.45, 2.75) is 20.8 Å². The maximum Gasteiger partial charge on any atom is 0.193 e. The van der Waals surface area contributed by atoms with Crippen LogP contribution in [0.3, 0.4) is 0 Å². The van der Waals surface area contributed by atoms with Gasteiger partial charge in [0, 0.05) is 11.3 Å². The standard InChI is InChI=1S/C14H14N2O/c1-9-4-5-10(2)12(6-9)13-7-11(3)15-14(8-17)16-13/h4-8H,1-3H3. The number of hydrogen-bond acceptors (Lipinski definition) is 3. The average Bonchev–Trinajstić information content (AvgIpc) is 2.31. The van der Waals surface area contributed by atoms with Gasteiger partial charge in [0.2, 0.25) is 0 Å². The van der Waals surface area contributed by atoms with Gasteiger partial charge in [-0.15, -0.1) is 0 Å². The fourth-order valence-electron chi connectivity index (χ4n) is 1.79. The lowest BCUT2D eigenvalue weighted by molar-refractivity contribution is 0.111. The number of nitrogens with zero attached hydrogens (tertiary/aromatic N) is 2. The van der Waals surface area contributed by atoms with Gasteiger partial charge < -0.3 is 0 Å². The number of aryl methyl sites for hydroxylation is 3. The lowest BCUT2D eigenvalue weighted by Crippen LogP contribution is -1.98. The Kier molecular flexibility index (Phi) is 3.00. The van der Waals surface area contributed by atoms with Crippen molar-refractivity contribution in [2.75, 3.05) is 0 Å². The highest BCUT2D eigenvalue weighted by Gasteiger charge is 2.07. The Bertz CT molecular complexity index is 576. The van der Waals surface area contributed by atoms with Crippen LogP contribution in [0.15, 0.2) is 24.3 Å². The molecule has 0 radical (unpaired) electrons. The zero-order valence-electron chi connectivity index (χ0n) is 10.2. The molecule has 0 unspecified atom stereocenters. The molecule has 1 aromatic carbocycles. The first-order valence-corrected chi connectivity index (χ1v) is 5.48. The fraction of sp³-hybridized carbons (Fsp3) is 0.214. The summed E-state index contributed by atoms with van der Waals surface area (Å²) in [5.74, 6) is 0.237. The van der Waals surface area contributed by atoms with Gasteiger partial charge in [-0.25, -0.2) is 9.97 Å². The van der Waals surface area contributed by atoms with Crippen molar-refractivity contribution in [1.82, 2.24) is 9.97 Å². The van der Waals surface area contributed by atoms with Crippen LogP contribution < -0.4 is 0 Å². The lowest BCUT2D eigenvalue weighted by Gasteiger charge is -2.07. The number of rotatable bonds is 2. The second kappa shape index (κ2) is 4.45. The highest BCUT2D eigenvalue weighted by atomic mass is 16.1. The van der Waals surface area contributed by atoms with E-state index in [4.69, 9.17) is 0 Å². The van der Waals surface area contributed by atoms with Crippen molar-refractivity contribution in [1.29, 1.82) is 0 Å². The molecule has 0 aliphatic rings. The van der Waals surface area contributed by atoms with Gasteiger partial charge in [-0.1, -0.05) is 17.7 Å². The average molecular weight is 226 g/mol. The molecule has 0 amide bonds. The molecular weight excluding hydrogens is 212 g/mol. The largest absolute Gasteiger partial charge is 0.294 e. The highest BCUT2D eigenvalue weighted by molar-refractivity contribution is 5.72. The summed E-state index contributed by atoms with van der Waals surface area (Å²) in [5, 5.41) is 0. The van der Waals surface area contributed by atoms with Gasteiger partial charge in [0.1, 0.15) is 0 Å². The first-order valence-electron chi connectivity index (χ1n) is 5.48. The molecular formula is C14H14N2O. The zero-order valence-corrected chi connectivity index (χ0v) is 10.2. The summed E-state index contributed by atoms with van der Waals surface area (Å²) in [6.07, 6.45) is 0.682. The lowest BCUT2D eigenvalue weighted by atomic mass is 10.0. The van der Waals surface area contributed by atoms with E-state index in [1.807, 2.05) is 26.8 Å². The number of carbonyl (C=O) groups is 1. The van der Waals surface area contributed by atoms with E-state index < -0.39 is 0 Å². The number of aromatic nitrogens is 2. The Morgan fingerprint density at radius 1 is 1.06 bits per heavy atom. The second-order valence-electron chi connectivity index (χ2n) is 4.19. The van der Waals surface area contributed by atoms with Gasteiger partial charge >= 0.3 is 0 Å². The quantitative estimate of drug-likeness (QED) is 0.739. The first kappa shape index (κ1) is 11.5. The van der Waals surface area contributed by atoms with E-state index in [9.17, 15) is 4.79 Å². The minimum absolute atomic E-state index is 0.237. The maximum absolute atomic E-state index is 10.8. The zero-order chi connectivity index (χ0) is 12.4. The molecule has 1 aromatic heterocycles. The Hall–Kier alpha value is -2.03. The summed E-state index contributed by atoms with van der Waals surface area (Å²) < 4.78 is 0. The Labute approximate surface area is 101 Å². The van der Waals surface area contributed by atoms with Crippen LogP contribution in [0.1, 0.15) is 27.4 Å². The summed E-state index contributed by atoms with van der Waals surface area (Å²) in [6, 6.07) is 8.09. The molecule has 0 bridgehead atoms. The van der Waals surface area contributed by atoms with E-state index in [0.29, 0.717) is 6.29 Å². The van der Waals surface area contributed by atoms with Gasteiger partial charge in [-0.05, 0) is 38.5 Å². The SMILES string of the molecule is Cc1ccc(C)c(-c2cc(C)nc(C=O)n2)c1. The molecule has 0 saturated heterocycles. The Balaban J connectivity index is 2.63. The van der Waals surface area contributed by atoms with Gasteiger partial charge in [-0.2, -0.15) is 0 Å². The number of carbonyl (C=O) groups excluding carboxylic acids is 1. The van der Waals surface area contributed by atoms with Crippen LogP contribution in [0, 0.1) is 20.8 Å². The van der Waals surface area contributed by atoms with Crippen LogP contribution in [0.5, 0.6) is 0 Å². The summed E-state index contributed by atoms with van der Waals surface area (Å²) in [6.45, 7) is 5.94. The van der Waals surface area contributed by atoms with Crippen LogP contribution in [0.4, 0.5) is 0 Å². The Morgan fingerprint density at radius 3 is 2.53 bits per heavy atom. The summed E-state index contributed by atoms with van der Waals surface area (Å²) in [4.78, 5) is 19.1. The van der Waals surface area contributed by atoms with Gasteiger partial charge in [0.25, 0.3) is 0 Å². The molecule has 0 aliphatic heterocycles. The molecule has 1 heterocycles. The summed E-state index contributed by atoms with van der Waals surface area (Å²) >= 11 is 0. The minimum atomic E-state index is 0.237. The highest BCUT2D eigenvalue weighted by Crippen LogP contribution is 2.23. The predicted molar refractivity (Wildman–Crippen MR) is 67.1 cm³/mol. The third-order valence-corrected chi connectivity index (χ3v) is 2.65. The number of benzene rings is 1. The van der Waals surface area contributed by atoms with Crippen molar-refractivity contribution in [3.05, 3.63) is 46.9 Å². The molecule has 2 aromatic rings. The van der Waals surface area contributed by atoms with Crippen LogP contribution >= 0.6 is 0 Å². The molecule has 0 aliphatic carbocycles. The van der Waals surface area contributed by atoms with E-state index in [2.05, 4.69) is 28.2 Å². The molecule has 0 spiro atoms. The molecule has 0 saturated carbocycles. The third-order valence-electron chi connectivity index (χ3n) is 2.65. The van der Waals surface area contributed by atoms with Crippen LogP contribution in [-0.4, -0.2) is 16.3 Å². The smallest absolute Gasteiger partial charge is 0.193 e. The normalized spacial score (nSPS) is 10.3. The fourth-order valence-corrected chi connectivity index (χ4v) is 1.79. The summed E-state index contributed by atoms with van der Waals surface area (Å²) in [5.41, 5.74) is 4.98. The van der Waals surface area contributed by atoms with E-state index in [0.717, 1.165) is 22.5 Å². The van der Waals surface area contributed by atoms with Crippen molar-refractivity contribution >= 4 is 6.29 Å². The number of aldehydes is 1. The monoisotopic (exact) mass is 226 g/mol. The van der Waals surface area contributed by atoms with Gasteiger partial charge in [0.15, 0.2) is 12.1 Å². The maximum atomic E-state index is 10.8. The van der Waals surface area contributed by atoms with Crippen molar-refractivity contribution in [3.63, 3.8) is 0 Å². The van der Waals surface area contributed by atoms with Crippen molar-refractivity contribution in [2.24, 2.45) is 0 Å². The van der Waals surface area contributed by atoms with Gasteiger partial charge in [-0.3, -0.25) is 4.79 Å². The molecule has 86 valence electrons. The van der Waals surface area contributed by atoms with E-state index in [-0.39, 0.29) is 5.82 Å². The molecule has 2 rings (SSSR count). The predicted octanol–water partition coefficient (Wildman–Crippen LogP) is 2.88. The van der Waals surface area contributed by atoms with Crippen LogP contribution in [0.2, 0.25) is 0 Å². The summed E-state index contributed by atoms with van der Waals surface area (Å²) in [7, 11) is 0. The molecule has 0 fully saturated rings. The Morgan fingerprint density at radius 2 is 1.82 bits per heavy atom. The second-order valence-corrected chi connectivity index (χ2v) is 4.19. The van der Waals surface area contributed by atoms with E-state index >= 15 is 0 Å². The molecule has 17 heavy (non-hydrogen) atoms. The van der Waals surface area contributed by atoms with E-state index in [1.165, 1.54) is 5.56 Å².